The number of hydrogen-bond acceptors (Lipinski definition) is 2. The maximum Gasteiger partial charge on any atom is 0.384 e. The van der Waals surface area contributed by atoms with Crippen LogP contribution in [-0.4, -0.2) is 20.9 Å². The van der Waals surface area contributed by atoms with E-state index in [9.17, 15) is 13.6 Å². The van der Waals surface area contributed by atoms with Crippen molar-refractivity contribution >= 4 is 5.97 Å². The third-order valence-corrected chi connectivity index (χ3v) is 1.69. The van der Waals surface area contributed by atoms with Gasteiger partial charge in [-0.2, -0.15) is 13.9 Å². The summed E-state index contributed by atoms with van der Waals surface area (Å²) in [6, 6.07) is 0. The van der Waals surface area contributed by atoms with Gasteiger partial charge in [-0.1, -0.05) is 0 Å². The van der Waals surface area contributed by atoms with Gasteiger partial charge in [0.25, 0.3) is 0 Å². The fraction of sp³-hybridized carbons (Fsp3) is 0.429. The number of carbonyl (C=O) groups is 1. The Morgan fingerprint density at radius 3 is 2.54 bits per heavy atom. The highest BCUT2D eigenvalue weighted by Crippen LogP contribution is 2.29. The summed E-state index contributed by atoms with van der Waals surface area (Å²) in [7, 11) is 1.28. The minimum Gasteiger partial charge on any atom is -0.476 e. The molecule has 0 amide bonds. The second kappa shape index (κ2) is 2.79. The van der Waals surface area contributed by atoms with Crippen LogP contribution < -0.4 is 0 Å². The van der Waals surface area contributed by atoms with Gasteiger partial charge in [0.2, 0.25) is 0 Å². The Morgan fingerprint density at radius 2 is 2.23 bits per heavy atom. The van der Waals surface area contributed by atoms with Gasteiger partial charge in [0, 0.05) is 7.05 Å². The highest BCUT2D eigenvalue weighted by Gasteiger charge is 2.45. The van der Waals surface area contributed by atoms with E-state index in [1.807, 2.05) is 0 Å². The summed E-state index contributed by atoms with van der Waals surface area (Å²) in [5.41, 5.74) is -0.421. The quantitative estimate of drug-likeness (QED) is 0.753. The number of halogens is 2. The molecule has 0 aliphatic rings. The van der Waals surface area contributed by atoms with Gasteiger partial charge in [-0.15, -0.1) is 0 Å². The van der Waals surface area contributed by atoms with Gasteiger partial charge in [0.15, 0.2) is 0 Å². The molecule has 0 radical (unpaired) electrons. The first kappa shape index (κ1) is 9.63. The van der Waals surface area contributed by atoms with Crippen molar-refractivity contribution in [1.82, 2.24) is 9.78 Å². The molecule has 0 aliphatic carbocycles. The minimum atomic E-state index is -3.88. The van der Waals surface area contributed by atoms with E-state index in [1.54, 1.807) is 0 Å². The van der Waals surface area contributed by atoms with Crippen LogP contribution in [0.2, 0.25) is 0 Å². The zero-order valence-corrected chi connectivity index (χ0v) is 7.08. The molecule has 0 aromatic carbocycles. The van der Waals surface area contributed by atoms with Gasteiger partial charge in [-0.3, -0.25) is 4.68 Å². The molecule has 1 N–H and O–H groups in total. The number of hydrogen-bond donors (Lipinski definition) is 1. The SMILES string of the molecule is Cc1cnn(C)c1C(F)(F)C(=O)O. The highest BCUT2D eigenvalue weighted by atomic mass is 19.3. The Morgan fingerprint density at radius 1 is 1.69 bits per heavy atom. The van der Waals surface area contributed by atoms with Crippen LogP contribution in [0.15, 0.2) is 6.20 Å². The van der Waals surface area contributed by atoms with Crippen molar-refractivity contribution in [3.05, 3.63) is 17.5 Å². The fourth-order valence-electron chi connectivity index (χ4n) is 1.10. The molecular weight excluding hydrogens is 182 g/mol. The number of carboxylic acid groups (broad SMARTS) is 1. The number of aryl methyl sites for hydroxylation is 2. The molecule has 13 heavy (non-hydrogen) atoms. The summed E-state index contributed by atoms with van der Waals surface area (Å²) >= 11 is 0. The topological polar surface area (TPSA) is 55.1 Å². The Labute approximate surface area is 72.8 Å². The molecule has 0 spiro atoms. The number of aromatic nitrogens is 2. The lowest BCUT2D eigenvalue weighted by molar-refractivity contribution is -0.167. The summed E-state index contributed by atoms with van der Waals surface area (Å²) in [6.45, 7) is 1.39. The number of rotatable bonds is 2. The molecule has 6 heteroatoms. The first-order chi connectivity index (χ1) is 5.87. The number of carboxylic acids is 1. The summed E-state index contributed by atoms with van der Waals surface area (Å²) in [6.07, 6.45) is 1.20. The maximum atomic E-state index is 13.0. The van der Waals surface area contributed by atoms with Crippen molar-refractivity contribution in [2.75, 3.05) is 0 Å². The van der Waals surface area contributed by atoms with Crippen LogP contribution in [0, 0.1) is 6.92 Å². The van der Waals surface area contributed by atoms with Gasteiger partial charge < -0.3 is 5.11 Å². The van der Waals surface area contributed by atoms with E-state index >= 15 is 0 Å². The summed E-state index contributed by atoms with van der Waals surface area (Å²) in [4.78, 5) is 10.2. The zero-order chi connectivity index (χ0) is 10.2. The van der Waals surface area contributed by atoms with Gasteiger partial charge in [0.05, 0.1) is 6.20 Å². The van der Waals surface area contributed by atoms with E-state index in [4.69, 9.17) is 5.11 Å². The van der Waals surface area contributed by atoms with Crippen LogP contribution in [0.3, 0.4) is 0 Å². The Balaban J connectivity index is 3.28. The van der Waals surface area contributed by atoms with Crippen LogP contribution in [0.1, 0.15) is 11.3 Å². The third-order valence-electron chi connectivity index (χ3n) is 1.69. The molecule has 1 aromatic heterocycles. The summed E-state index contributed by atoms with van der Waals surface area (Å²) in [5, 5.41) is 11.8. The Kier molecular flexibility index (Phi) is 2.07. The van der Waals surface area contributed by atoms with Gasteiger partial charge in [-0.25, -0.2) is 4.79 Å². The average Bonchev–Trinajstić information content (AvgIpc) is 2.30. The van der Waals surface area contributed by atoms with Crippen molar-refractivity contribution in [3.63, 3.8) is 0 Å². The standard InChI is InChI=1S/C7H8F2N2O2/c1-4-3-10-11(2)5(4)7(8,9)6(12)13/h3H,1-2H3,(H,12,13). The first-order valence-electron chi connectivity index (χ1n) is 3.47. The lowest BCUT2D eigenvalue weighted by Crippen LogP contribution is -2.28. The van der Waals surface area contributed by atoms with Crippen LogP contribution >= 0.6 is 0 Å². The highest BCUT2D eigenvalue weighted by molar-refractivity contribution is 5.77. The predicted octanol–water partition coefficient (Wildman–Crippen LogP) is 0.905. The van der Waals surface area contributed by atoms with Crippen LogP contribution in [-0.2, 0) is 17.8 Å². The summed E-state index contributed by atoms with van der Waals surface area (Å²) in [5.74, 6) is -6.05. The van der Waals surface area contributed by atoms with E-state index in [1.165, 1.54) is 20.2 Å². The van der Waals surface area contributed by atoms with Crippen molar-refractivity contribution < 1.29 is 18.7 Å². The third kappa shape index (κ3) is 1.39. The van der Waals surface area contributed by atoms with Crippen molar-refractivity contribution in [2.45, 2.75) is 12.8 Å². The average molecular weight is 190 g/mol. The van der Waals surface area contributed by atoms with E-state index in [0.29, 0.717) is 0 Å². The van der Waals surface area contributed by atoms with Crippen molar-refractivity contribution in [2.24, 2.45) is 7.05 Å². The van der Waals surface area contributed by atoms with Crippen LogP contribution in [0.4, 0.5) is 8.78 Å². The molecule has 1 heterocycles. The molecule has 1 rings (SSSR count). The minimum absolute atomic E-state index is 0.162. The monoisotopic (exact) mass is 190 g/mol. The lowest BCUT2D eigenvalue weighted by atomic mass is 10.1. The molecular formula is C7H8F2N2O2. The van der Waals surface area contributed by atoms with E-state index in [0.717, 1.165) is 4.68 Å². The lowest BCUT2D eigenvalue weighted by Gasteiger charge is -2.12. The zero-order valence-electron chi connectivity index (χ0n) is 7.08. The van der Waals surface area contributed by atoms with Crippen molar-refractivity contribution in [1.29, 1.82) is 0 Å². The van der Waals surface area contributed by atoms with Crippen LogP contribution in [0.5, 0.6) is 0 Å². The van der Waals surface area contributed by atoms with Gasteiger partial charge in [0.1, 0.15) is 5.69 Å². The Hall–Kier alpha value is -1.46. The van der Waals surface area contributed by atoms with E-state index in [-0.39, 0.29) is 5.56 Å². The fourth-order valence-corrected chi connectivity index (χ4v) is 1.10. The van der Waals surface area contributed by atoms with E-state index < -0.39 is 17.6 Å². The van der Waals surface area contributed by atoms with Crippen LogP contribution in [0.25, 0.3) is 0 Å². The molecule has 0 unspecified atom stereocenters. The van der Waals surface area contributed by atoms with Gasteiger partial charge >= 0.3 is 11.9 Å². The smallest absolute Gasteiger partial charge is 0.384 e. The van der Waals surface area contributed by atoms with E-state index in [2.05, 4.69) is 5.10 Å². The van der Waals surface area contributed by atoms with Crippen molar-refractivity contribution in [3.8, 4) is 0 Å². The predicted molar refractivity (Wildman–Crippen MR) is 39.5 cm³/mol. The Bertz CT molecular complexity index is 327. The molecule has 0 bridgehead atoms. The summed E-state index contributed by atoms with van der Waals surface area (Å²) < 4.78 is 26.8. The number of alkyl halides is 2. The second-order valence-electron chi connectivity index (χ2n) is 2.68. The molecule has 0 atom stereocenters. The second-order valence-corrected chi connectivity index (χ2v) is 2.68. The largest absolute Gasteiger partial charge is 0.476 e. The molecule has 1 aromatic rings. The molecule has 0 aliphatic heterocycles. The number of nitrogens with zero attached hydrogens (tertiary/aromatic N) is 2. The normalized spacial score (nSPS) is 11.7. The van der Waals surface area contributed by atoms with Gasteiger partial charge in [-0.05, 0) is 12.5 Å². The molecule has 0 fully saturated rings. The molecule has 72 valence electrons. The molecule has 0 saturated heterocycles. The molecule has 0 saturated carbocycles. The maximum absolute atomic E-state index is 13.0. The first-order valence-corrected chi connectivity index (χ1v) is 3.47. The number of aliphatic carboxylic acids is 1. The molecule has 4 nitrogen and oxygen atoms in total.